The van der Waals surface area contributed by atoms with Gasteiger partial charge in [-0.25, -0.2) is 4.79 Å². The van der Waals surface area contributed by atoms with Crippen molar-refractivity contribution < 1.29 is 9.53 Å². The number of nitrogens with one attached hydrogen (secondary N) is 1. The van der Waals surface area contributed by atoms with Crippen molar-refractivity contribution in [1.29, 1.82) is 0 Å². The van der Waals surface area contributed by atoms with Crippen molar-refractivity contribution >= 4 is 17.4 Å². The number of ether oxygens (including phenoxy) is 1. The van der Waals surface area contributed by atoms with Gasteiger partial charge in [0.15, 0.2) is 0 Å². The van der Waals surface area contributed by atoms with Gasteiger partial charge >= 0.3 is 6.03 Å². The summed E-state index contributed by atoms with van der Waals surface area (Å²) in [6.45, 7) is 2.63. The first-order valence-electron chi connectivity index (χ1n) is 8.81. The fourth-order valence-electron chi connectivity index (χ4n) is 3.73. The summed E-state index contributed by atoms with van der Waals surface area (Å²) in [6.07, 6.45) is 2.01. The number of fused-ring (bicyclic) bond motifs is 1. The highest BCUT2D eigenvalue weighted by Crippen LogP contribution is 2.37. The molecule has 4 rings (SSSR count). The lowest BCUT2D eigenvalue weighted by Gasteiger charge is -2.42. The van der Waals surface area contributed by atoms with E-state index in [0.717, 1.165) is 43.1 Å². The van der Waals surface area contributed by atoms with Gasteiger partial charge in [-0.05, 0) is 61.8 Å². The Hall–Kier alpha value is -2.53. The summed E-state index contributed by atoms with van der Waals surface area (Å²) in [4.78, 5) is 17.2. The molecule has 0 radical (unpaired) electrons. The second-order valence-electron chi connectivity index (χ2n) is 6.55. The molecule has 1 fully saturated rings. The third-order valence-electron chi connectivity index (χ3n) is 5.09. The van der Waals surface area contributed by atoms with Crippen molar-refractivity contribution in [2.24, 2.45) is 0 Å². The van der Waals surface area contributed by atoms with E-state index in [1.165, 1.54) is 5.56 Å². The van der Waals surface area contributed by atoms with Crippen LogP contribution >= 0.6 is 0 Å². The molecule has 2 aliphatic rings. The Labute approximate surface area is 148 Å². The minimum Gasteiger partial charge on any atom is -0.497 e. The molecule has 5 heteroatoms. The summed E-state index contributed by atoms with van der Waals surface area (Å²) >= 11 is 0. The highest BCUT2D eigenvalue weighted by molar-refractivity contribution is 6.02. The van der Waals surface area contributed by atoms with Gasteiger partial charge in [0, 0.05) is 12.6 Å². The van der Waals surface area contributed by atoms with Gasteiger partial charge in [-0.3, -0.25) is 4.90 Å². The lowest BCUT2D eigenvalue weighted by atomic mass is 10.0. The highest BCUT2D eigenvalue weighted by Gasteiger charge is 2.35. The molecule has 0 atom stereocenters. The van der Waals surface area contributed by atoms with Crippen LogP contribution in [0.4, 0.5) is 16.2 Å². The summed E-state index contributed by atoms with van der Waals surface area (Å²) < 4.78 is 5.25. The van der Waals surface area contributed by atoms with E-state index in [9.17, 15) is 4.79 Å². The Kier molecular flexibility index (Phi) is 4.32. The second-order valence-corrected chi connectivity index (χ2v) is 6.55. The summed E-state index contributed by atoms with van der Waals surface area (Å²) in [5.41, 5.74) is 3.04. The first kappa shape index (κ1) is 16.0. The van der Waals surface area contributed by atoms with Crippen LogP contribution in [0.3, 0.4) is 0 Å². The van der Waals surface area contributed by atoms with E-state index in [2.05, 4.69) is 11.4 Å². The number of carbonyl (C=O) groups excluding carboxylic acids is 1. The summed E-state index contributed by atoms with van der Waals surface area (Å²) in [7, 11) is 1.65. The fourth-order valence-corrected chi connectivity index (χ4v) is 3.73. The number of anilines is 2. The second kappa shape index (κ2) is 6.76. The van der Waals surface area contributed by atoms with Gasteiger partial charge in [0.05, 0.1) is 18.5 Å². The molecule has 25 heavy (non-hydrogen) atoms. The molecule has 5 nitrogen and oxygen atoms in total. The number of hydrogen-bond acceptors (Lipinski definition) is 3. The van der Waals surface area contributed by atoms with E-state index >= 15 is 0 Å². The highest BCUT2D eigenvalue weighted by atomic mass is 16.5. The van der Waals surface area contributed by atoms with E-state index in [1.54, 1.807) is 7.11 Å². The van der Waals surface area contributed by atoms with Crippen molar-refractivity contribution in [2.75, 3.05) is 25.1 Å². The van der Waals surface area contributed by atoms with Crippen molar-refractivity contribution in [1.82, 2.24) is 10.2 Å². The molecule has 130 valence electrons. The molecular weight excluding hydrogens is 314 g/mol. The minimum atomic E-state index is 0.0655. The van der Waals surface area contributed by atoms with Crippen LogP contribution in [-0.4, -0.2) is 37.2 Å². The number of carbonyl (C=O) groups is 1. The number of piperidine rings is 1. The fraction of sp³-hybridized carbons (Fsp3) is 0.350. The van der Waals surface area contributed by atoms with E-state index in [1.807, 2.05) is 52.3 Å². The molecule has 2 amide bonds. The Balaban J connectivity index is 1.73. The van der Waals surface area contributed by atoms with Gasteiger partial charge in [-0.2, -0.15) is 0 Å². The zero-order valence-electron chi connectivity index (χ0n) is 14.4. The van der Waals surface area contributed by atoms with Crippen LogP contribution in [0.2, 0.25) is 0 Å². The lowest BCUT2D eigenvalue weighted by molar-refractivity contribution is 0.159. The first-order chi connectivity index (χ1) is 12.3. The maximum atomic E-state index is 13.3. The Morgan fingerprint density at radius 3 is 2.48 bits per heavy atom. The summed E-state index contributed by atoms with van der Waals surface area (Å²) in [5, 5.41) is 3.38. The smallest absolute Gasteiger partial charge is 0.329 e. The molecule has 0 aliphatic carbocycles. The molecular formula is C20H23N3O2. The topological polar surface area (TPSA) is 44.8 Å². The van der Waals surface area contributed by atoms with E-state index in [4.69, 9.17) is 4.74 Å². The number of urea groups is 1. The number of para-hydroxylation sites is 1. The monoisotopic (exact) mass is 337 g/mol. The Bertz CT molecular complexity index is 754. The number of nitrogens with zero attached hydrogens (tertiary/aromatic N) is 2. The quantitative estimate of drug-likeness (QED) is 0.932. The van der Waals surface area contributed by atoms with Crippen LogP contribution in [0.5, 0.6) is 5.75 Å². The minimum absolute atomic E-state index is 0.0655. The number of benzene rings is 2. The molecule has 1 N–H and O–H groups in total. The van der Waals surface area contributed by atoms with Crippen LogP contribution in [0.25, 0.3) is 0 Å². The molecule has 0 aromatic heterocycles. The zero-order chi connectivity index (χ0) is 17.2. The average Bonchev–Trinajstić information content (AvgIpc) is 2.68. The van der Waals surface area contributed by atoms with Crippen molar-refractivity contribution in [2.45, 2.75) is 25.4 Å². The lowest BCUT2D eigenvalue weighted by Crippen LogP contribution is -2.52. The van der Waals surface area contributed by atoms with Gasteiger partial charge in [0.1, 0.15) is 5.75 Å². The SMILES string of the molecule is COc1ccc(N2C(=O)N(C3CCNCC3)Cc3ccccc32)cc1. The average molecular weight is 337 g/mol. The van der Waals surface area contributed by atoms with E-state index in [0.29, 0.717) is 12.6 Å². The van der Waals surface area contributed by atoms with Gasteiger partial charge in [-0.15, -0.1) is 0 Å². The predicted molar refractivity (Wildman–Crippen MR) is 98.4 cm³/mol. The van der Waals surface area contributed by atoms with Crippen LogP contribution in [0.15, 0.2) is 48.5 Å². The molecule has 0 bridgehead atoms. The first-order valence-corrected chi connectivity index (χ1v) is 8.81. The molecule has 2 heterocycles. The van der Waals surface area contributed by atoms with E-state index < -0.39 is 0 Å². The Morgan fingerprint density at radius 2 is 1.76 bits per heavy atom. The molecule has 0 saturated carbocycles. The van der Waals surface area contributed by atoms with Crippen LogP contribution in [0, 0.1) is 0 Å². The number of rotatable bonds is 3. The summed E-state index contributed by atoms with van der Waals surface area (Å²) in [5.74, 6) is 0.789. The normalized spacial score (nSPS) is 18.2. The molecule has 2 aromatic rings. The number of hydrogen-bond donors (Lipinski definition) is 1. The number of methoxy groups -OCH3 is 1. The van der Waals surface area contributed by atoms with E-state index in [-0.39, 0.29) is 6.03 Å². The van der Waals surface area contributed by atoms with Crippen LogP contribution < -0.4 is 15.0 Å². The van der Waals surface area contributed by atoms with Crippen LogP contribution in [0.1, 0.15) is 18.4 Å². The van der Waals surface area contributed by atoms with Crippen molar-refractivity contribution in [3.8, 4) is 5.75 Å². The predicted octanol–water partition coefficient (Wildman–Crippen LogP) is 3.52. The van der Waals surface area contributed by atoms with Crippen molar-refractivity contribution in [3.05, 3.63) is 54.1 Å². The Morgan fingerprint density at radius 1 is 1.04 bits per heavy atom. The zero-order valence-corrected chi connectivity index (χ0v) is 14.4. The standard InChI is InChI=1S/C20H23N3O2/c1-25-18-8-6-17(7-9-18)23-19-5-3-2-4-15(19)14-22(20(23)24)16-10-12-21-13-11-16/h2-9,16,21H,10-14H2,1H3. The van der Waals surface area contributed by atoms with Gasteiger partial charge < -0.3 is 15.0 Å². The number of amides is 2. The summed E-state index contributed by atoms with van der Waals surface area (Å²) in [6, 6.07) is 16.2. The largest absolute Gasteiger partial charge is 0.497 e. The maximum absolute atomic E-state index is 13.3. The molecule has 1 saturated heterocycles. The third-order valence-corrected chi connectivity index (χ3v) is 5.09. The van der Waals surface area contributed by atoms with Gasteiger partial charge in [-0.1, -0.05) is 18.2 Å². The maximum Gasteiger partial charge on any atom is 0.329 e. The van der Waals surface area contributed by atoms with Crippen LogP contribution in [-0.2, 0) is 6.54 Å². The third kappa shape index (κ3) is 2.96. The van der Waals surface area contributed by atoms with Gasteiger partial charge in [0.25, 0.3) is 0 Å². The van der Waals surface area contributed by atoms with Crippen molar-refractivity contribution in [3.63, 3.8) is 0 Å². The molecule has 0 spiro atoms. The molecule has 2 aliphatic heterocycles. The molecule has 0 unspecified atom stereocenters. The van der Waals surface area contributed by atoms with Gasteiger partial charge in [0.2, 0.25) is 0 Å². The molecule has 2 aromatic carbocycles.